The van der Waals surface area contributed by atoms with Crippen LogP contribution >= 0.6 is 0 Å². The van der Waals surface area contributed by atoms with Gasteiger partial charge < -0.3 is 20.1 Å². The Hall–Kier alpha value is -2.17. The zero-order valence-corrected chi connectivity index (χ0v) is 10.7. The first-order chi connectivity index (χ1) is 8.71. The number of carbonyl (C=O) groups is 1. The van der Waals surface area contributed by atoms with Crippen molar-refractivity contribution in [2.24, 2.45) is 0 Å². The van der Waals surface area contributed by atoms with Crippen LogP contribution in [0.15, 0.2) is 30.9 Å². The Bertz CT molecular complexity index is 419. The van der Waals surface area contributed by atoms with E-state index in [0.29, 0.717) is 18.0 Å². The molecule has 0 aromatic heterocycles. The molecule has 0 aliphatic carbocycles. The maximum absolute atomic E-state index is 11.4. The van der Waals surface area contributed by atoms with Crippen molar-refractivity contribution in [3.05, 3.63) is 30.9 Å². The number of anilines is 1. The topological polar surface area (TPSA) is 59.6 Å². The van der Waals surface area contributed by atoms with E-state index in [4.69, 9.17) is 9.47 Å². The van der Waals surface area contributed by atoms with Gasteiger partial charge in [0.05, 0.1) is 26.5 Å². The molecule has 1 aromatic rings. The Morgan fingerprint density at radius 2 is 2.17 bits per heavy atom. The van der Waals surface area contributed by atoms with E-state index >= 15 is 0 Å². The first-order valence-corrected chi connectivity index (χ1v) is 5.54. The van der Waals surface area contributed by atoms with E-state index in [1.807, 2.05) is 0 Å². The molecular weight excluding hydrogens is 232 g/mol. The first kappa shape index (κ1) is 13.9. The van der Waals surface area contributed by atoms with Gasteiger partial charge in [0.2, 0.25) is 5.91 Å². The highest BCUT2D eigenvalue weighted by Gasteiger charge is 2.06. The molecule has 0 saturated carbocycles. The molecule has 1 amide bonds. The minimum absolute atomic E-state index is 0.104. The summed E-state index contributed by atoms with van der Waals surface area (Å²) in [7, 11) is 3.16. The van der Waals surface area contributed by atoms with Crippen LogP contribution in [0, 0.1) is 0 Å². The summed E-state index contributed by atoms with van der Waals surface area (Å²) in [5.41, 5.74) is 0.743. The van der Waals surface area contributed by atoms with Gasteiger partial charge in [0, 0.05) is 12.6 Å². The average molecular weight is 250 g/mol. The molecule has 5 nitrogen and oxygen atoms in total. The Labute approximate surface area is 107 Å². The summed E-state index contributed by atoms with van der Waals surface area (Å²) in [6.07, 6.45) is 1.63. The van der Waals surface area contributed by atoms with E-state index in [-0.39, 0.29) is 12.5 Å². The normalized spacial score (nSPS) is 9.44. The molecule has 2 N–H and O–H groups in total. The summed E-state index contributed by atoms with van der Waals surface area (Å²) >= 11 is 0. The molecule has 0 bridgehead atoms. The quantitative estimate of drug-likeness (QED) is 0.718. The van der Waals surface area contributed by atoms with Crippen molar-refractivity contribution in [2.45, 2.75) is 0 Å². The summed E-state index contributed by atoms with van der Waals surface area (Å²) in [4.78, 5) is 11.4. The Balaban J connectivity index is 2.61. The highest BCUT2D eigenvalue weighted by molar-refractivity contribution is 5.81. The van der Waals surface area contributed by atoms with Crippen molar-refractivity contribution >= 4 is 11.6 Å². The van der Waals surface area contributed by atoms with Crippen molar-refractivity contribution in [1.29, 1.82) is 0 Å². The van der Waals surface area contributed by atoms with Gasteiger partial charge in [0.1, 0.15) is 11.5 Å². The van der Waals surface area contributed by atoms with Gasteiger partial charge in [0.25, 0.3) is 0 Å². The molecule has 0 aliphatic rings. The van der Waals surface area contributed by atoms with E-state index in [0.717, 1.165) is 5.69 Å². The maximum Gasteiger partial charge on any atom is 0.239 e. The highest BCUT2D eigenvalue weighted by Crippen LogP contribution is 2.28. The molecule has 98 valence electrons. The largest absolute Gasteiger partial charge is 0.497 e. The van der Waals surface area contributed by atoms with Crippen molar-refractivity contribution in [3.63, 3.8) is 0 Å². The fraction of sp³-hybridized carbons (Fsp3) is 0.308. The van der Waals surface area contributed by atoms with Crippen molar-refractivity contribution in [2.75, 3.05) is 32.6 Å². The second-order valence-corrected chi connectivity index (χ2v) is 3.51. The first-order valence-electron chi connectivity index (χ1n) is 5.54. The molecule has 0 atom stereocenters. The van der Waals surface area contributed by atoms with Crippen LogP contribution in [0.5, 0.6) is 11.5 Å². The molecule has 0 radical (unpaired) electrons. The summed E-state index contributed by atoms with van der Waals surface area (Å²) in [5, 5.41) is 5.67. The molecule has 5 heteroatoms. The smallest absolute Gasteiger partial charge is 0.239 e. The number of rotatable bonds is 7. The predicted molar refractivity (Wildman–Crippen MR) is 71.2 cm³/mol. The predicted octanol–water partition coefficient (Wildman–Crippen LogP) is 1.42. The van der Waals surface area contributed by atoms with E-state index < -0.39 is 0 Å². The molecular formula is C13H18N2O3. The number of carbonyl (C=O) groups excluding carboxylic acids is 1. The van der Waals surface area contributed by atoms with Crippen molar-refractivity contribution in [1.82, 2.24) is 5.32 Å². The Kier molecular flexibility index (Phi) is 5.57. The third-order valence-electron chi connectivity index (χ3n) is 2.29. The lowest BCUT2D eigenvalue weighted by Crippen LogP contribution is -2.29. The zero-order chi connectivity index (χ0) is 13.4. The lowest BCUT2D eigenvalue weighted by atomic mass is 10.2. The molecule has 1 rings (SSSR count). The number of methoxy groups -OCH3 is 2. The van der Waals surface area contributed by atoms with Gasteiger partial charge in [-0.05, 0) is 12.1 Å². The van der Waals surface area contributed by atoms with Crippen molar-refractivity contribution < 1.29 is 14.3 Å². The SMILES string of the molecule is C=CCNC(=O)CNc1ccc(OC)cc1OC. The van der Waals surface area contributed by atoms with Crippen LogP contribution in [0.3, 0.4) is 0 Å². The summed E-state index contributed by atoms with van der Waals surface area (Å²) in [6, 6.07) is 5.36. The summed E-state index contributed by atoms with van der Waals surface area (Å²) in [6.45, 7) is 4.16. The lowest BCUT2D eigenvalue weighted by molar-refractivity contribution is -0.119. The second kappa shape index (κ2) is 7.21. The highest BCUT2D eigenvalue weighted by atomic mass is 16.5. The van der Waals surface area contributed by atoms with E-state index in [1.165, 1.54) is 0 Å². The molecule has 1 aromatic carbocycles. The van der Waals surface area contributed by atoms with Gasteiger partial charge in [-0.1, -0.05) is 6.08 Å². The van der Waals surface area contributed by atoms with Crippen LogP contribution in [0.2, 0.25) is 0 Å². The van der Waals surface area contributed by atoms with Gasteiger partial charge in [-0.2, -0.15) is 0 Å². The average Bonchev–Trinajstić information content (AvgIpc) is 2.42. The second-order valence-electron chi connectivity index (χ2n) is 3.51. The van der Waals surface area contributed by atoms with Crippen LogP contribution in [-0.2, 0) is 4.79 Å². The maximum atomic E-state index is 11.4. The number of benzene rings is 1. The van der Waals surface area contributed by atoms with Gasteiger partial charge in [-0.25, -0.2) is 0 Å². The zero-order valence-electron chi connectivity index (χ0n) is 10.7. The van der Waals surface area contributed by atoms with Gasteiger partial charge >= 0.3 is 0 Å². The van der Waals surface area contributed by atoms with Gasteiger partial charge in [0.15, 0.2) is 0 Å². The number of amides is 1. The molecule has 18 heavy (non-hydrogen) atoms. The van der Waals surface area contributed by atoms with Gasteiger partial charge in [-0.15, -0.1) is 6.58 Å². The third-order valence-corrected chi connectivity index (χ3v) is 2.29. The fourth-order valence-corrected chi connectivity index (χ4v) is 1.37. The monoisotopic (exact) mass is 250 g/mol. The molecule has 0 aliphatic heterocycles. The minimum Gasteiger partial charge on any atom is -0.497 e. The van der Waals surface area contributed by atoms with Crippen LogP contribution in [-0.4, -0.2) is 33.2 Å². The van der Waals surface area contributed by atoms with E-state index in [9.17, 15) is 4.79 Å². The van der Waals surface area contributed by atoms with Crippen LogP contribution in [0.25, 0.3) is 0 Å². The van der Waals surface area contributed by atoms with Crippen LogP contribution in [0.4, 0.5) is 5.69 Å². The number of hydrogen-bond donors (Lipinski definition) is 2. The number of ether oxygens (including phenoxy) is 2. The Morgan fingerprint density at radius 1 is 1.39 bits per heavy atom. The summed E-state index contributed by atoms with van der Waals surface area (Å²) < 4.78 is 10.3. The molecule has 0 heterocycles. The fourth-order valence-electron chi connectivity index (χ4n) is 1.37. The van der Waals surface area contributed by atoms with E-state index in [2.05, 4.69) is 17.2 Å². The van der Waals surface area contributed by atoms with Crippen LogP contribution in [0.1, 0.15) is 0 Å². The minimum atomic E-state index is -0.104. The molecule has 0 spiro atoms. The van der Waals surface area contributed by atoms with Gasteiger partial charge in [-0.3, -0.25) is 4.79 Å². The third kappa shape index (κ3) is 4.01. The Morgan fingerprint density at radius 3 is 2.78 bits per heavy atom. The van der Waals surface area contributed by atoms with Crippen molar-refractivity contribution in [3.8, 4) is 11.5 Å². The van der Waals surface area contributed by atoms with E-state index in [1.54, 1.807) is 38.5 Å². The number of nitrogens with one attached hydrogen (secondary N) is 2. The van der Waals surface area contributed by atoms with Crippen LogP contribution < -0.4 is 20.1 Å². The lowest BCUT2D eigenvalue weighted by Gasteiger charge is -2.12. The molecule has 0 saturated heterocycles. The summed E-state index contributed by atoms with van der Waals surface area (Å²) in [5.74, 6) is 1.23. The standard InChI is InChI=1S/C13H18N2O3/c1-4-7-14-13(16)9-15-11-6-5-10(17-2)8-12(11)18-3/h4-6,8,15H,1,7,9H2,2-3H3,(H,14,16). The molecule has 0 unspecified atom stereocenters. The molecule has 0 fully saturated rings. The number of hydrogen-bond acceptors (Lipinski definition) is 4.